The molecular formula is C22H24ClN3O4. The highest BCUT2D eigenvalue weighted by molar-refractivity contribution is 6.31. The van der Waals surface area contributed by atoms with Crippen LogP contribution in [-0.2, 0) is 11.2 Å². The summed E-state index contributed by atoms with van der Waals surface area (Å²) in [6.45, 7) is 6.79. The van der Waals surface area contributed by atoms with E-state index in [9.17, 15) is 4.79 Å². The van der Waals surface area contributed by atoms with Crippen LogP contribution in [0.5, 0.6) is 11.5 Å². The second-order valence-corrected chi connectivity index (χ2v) is 6.96. The Morgan fingerprint density at radius 2 is 1.87 bits per heavy atom. The van der Waals surface area contributed by atoms with E-state index in [4.69, 9.17) is 25.6 Å². The summed E-state index contributed by atoms with van der Waals surface area (Å²) in [5, 5.41) is 7.44. The predicted octanol–water partition coefficient (Wildman–Crippen LogP) is 5.07. The topological polar surface area (TPSA) is 86.5 Å². The van der Waals surface area contributed by atoms with Crippen molar-refractivity contribution in [2.45, 2.75) is 33.6 Å². The Morgan fingerprint density at radius 3 is 2.60 bits per heavy atom. The Kier molecular flexibility index (Phi) is 7.30. The summed E-state index contributed by atoms with van der Waals surface area (Å²) in [6, 6.07) is 10.9. The molecule has 0 radical (unpaired) electrons. The van der Waals surface area contributed by atoms with Gasteiger partial charge in [-0.25, -0.2) is 0 Å². The van der Waals surface area contributed by atoms with Gasteiger partial charge in [0.2, 0.25) is 17.6 Å². The van der Waals surface area contributed by atoms with Gasteiger partial charge in [-0.1, -0.05) is 22.8 Å². The second kappa shape index (κ2) is 10.1. The Hall–Kier alpha value is -3.06. The van der Waals surface area contributed by atoms with E-state index in [0.717, 1.165) is 11.1 Å². The number of ether oxygens (including phenoxy) is 2. The minimum Gasteiger partial charge on any atom is -0.490 e. The maximum Gasteiger partial charge on any atom is 0.227 e. The number of carbonyl (C=O) groups is 1. The molecular weight excluding hydrogens is 406 g/mol. The van der Waals surface area contributed by atoms with Crippen LogP contribution in [-0.4, -0.2) is 29.3 Å². The van der Waals surface area contributed by atoms with Gasteiger partial charge < -0.3 is 19.3 Å². The number of amides is 1. The average Bonchev–Trinajstić information content (AvgIpc) is 3.20. The van der Waals surface area contributed by atoms with Crippen LogP contribution < -0.4 is 14.8 Å². The lowest BCUT2D eigenvalue weighted by molar-refractivity contribution is -0.116. The van der Waals surface area contributed by atoms with E-state index in [1.807, 2.05) is 51.1 Å². The zero-order valence-corrected chi connectivity index (χ0v) is 18.0. The van der Waals surface area contributed by atoms with Crippen molar-refractivity contribution in [1.29, 1.82) is 0 Å². The van der Waals surface area contributed by atoms with Crippen molar-refractivity contribution in [3.8, 4) is 22.9 Å². The molecule has 1 amide bonds. The molecule has 0 atom stereocenters. The predicted molar refractivity (Wildman–Crippen MR) is 115 cm³/mol. The van der Waals surface area contributed by atoms with Crippen LogP contribution in [0.3, 0.4) is 0 Å². The van der Waals surface area contributed by atoms with Gasteiger partial charge in [0, 0.05) is 29.1 Å². The van der Waals surface area contributed by atoms with E-state index in [-0.39, 0.29) is 12.3 Å². The minimum atomic E-state index is -0.158. The molecule has 7 nitrogen and oxygen atoms in total. The summed E-state index contributed by atoms with van der Waals surface area (Å²) in [4.78, 5) is 16.6. The van der Waals surface area contributed by atoms with Gasteiger partial charge in [0.15, 0.2) is 11.5 Å². The number of aromatic nitrogens is 2. The summed E-state index contributed by atoms with van der Waals surface area (Å²) in [5.74, 6) is 1.95. The van der Waals surface area contributed by atoms with Crippen LogP contribution >= 0.6 is 11.6 Å². The summed E-state index contributed by atoms with van der Waals surface area (Å²) >= 11 is 6.09. The van der Waals surface area contributed by atoms with Gasteiger partial charge in [-0.05, 0) is 56.7 Å². The number of halogens is 1. The summed E-state index contributed by atoms with van der Waals surface area (Å²) in [6.07, 6.45) is 0.536. The molecule has 3 aromatic rings. The number of carbonyl (C=O) groups excluding carboxylic acids is 1. The molecule has 2 aromatic carbocycles. The molecule has 158 valence electrons. The molecule has 0 spiro atoms. The Labute approximate surface area is 180 Å². The van der Waals surface area contributed by atoms with Crippen molar-refractivity contribution in [3.05, 3.63) is 52.9 Å². The van der Waals surface area contributed by atoms with E-state index in [0.29, 0.717) is 53.6 Å². The number of anilines is 1. The molecule has 8 heteroatoms. The number of nitrogens with one attached hydrogen (secondary N) is 1. The smallest absolute Gasteiger partial charge is 0.227 e. The molecule has 30 heavy (non-hydrogen) atoms. The van der Waals surface area contributed by atoms with Gasteiger partial charge >= 0.3 is 0 Å². The van der Waals surface area contributed by atoms with Gasteiger partial charge in [-0.15, -0.1) is 0 Å². The largest absolute Gasteiger partial charge is 0.490 e. The van der Waals surface area contributed by atoms with Crippen molar-refractivity contribution in [3.63, 3.8) is 0 Å². The number of nitrogens with zero attached hydrogens (tertiary/aromatic N) is 2. The van der Waals surface area contributed by atoms with E-state index < -0.39 is 0 Å². The van der Waals surface area contributed by atoms with Gasteiger partial charge in [-0.3, -0.25) is 4.79 Å². The average molecular weight is 430 g/mol. The van der Waals surface area contributed by atoms with Crippen LogP contribution in [0.2, 0.25) is 5.02 Å². The highest BCUT2D eigenvalue weighted by Crippen LogP contribution is 2.32. The Morgan fingerprint density at radius 1 is 1.10 bits per heavy atom. The van der Waals surface area contributed by atoms with E-state index in [1.165, 1.54) is 0 Å². The van der Waals surface area contributed by atoms with E-state index in [2.05, 4.69) is 15.5 Å². The van der Waals surface area contributed by atoms with Crippen LogP contribution in [0, 0.1) is 6.92 Å². The molecule has 0 aliphatic carbocycles. The fourth-order valence-electron chi connectivity index (χ4n) is 2.78. The zero-order chi connectivity index (χ0) is 21.5. The third kappa shape index (κ3) is 5.51. The molecule has 3 rings (SSSR count). The van der Waals surface area contributed by atoms with Crippen molar-refractivity contribution in [2.24, 2.45) is 0 Å². The van der Waals surface area contributed by atoms with Crippen LogP contribution in [0.25, 0.3) is 11.4 Å². The number of hydrogen-bond donors (Lipinski definition) is 1. The van der Waals surface area contributed by atoms with Crippen LogP contribution in [0.4, 0.5) is 5.69 Å². The number of rotatable bonds is 9. The minimum absolute atomic E-state index is 0.158. The molecule has 0 aliphatic rings. The fourth-order valence-corrected chi connectivity index (χ4v) is 2.96. The highest BCUT2D eigenvalue weighted by Gasteiger charge is 2.14. The van der Waals surface area contributed by atoms with Crippen molar-refractivity contribution >= 4 is 23.2 Å². The fraction of sp³-hybridized carbons (Fsp3) is 0.318. The lowest BCUT2D eigenvalue weighted by atomic mass is 10.2. The Bertz CT molecular complexity index is 1020. The molecule has 0 saturated carbocycles. The summed E-state index contributed by atoms with van der Waals surface area (Å²) < 4.78 is 16.5. The van der Waals surface area contributed by atoms with Gasteiger partial charge in [0.1, 0.15) is 0 Å². The first kappa shape index (κ1) is 21.6. The first-order valence-electron chi connectivity index (χ1n) is 9.78. The van der Waals surface area contributed by atoms with E-state index in [1.54, 1.807) is 6.07 Å². The van der Waals surface area contributed by atoms with Crippen LogP contribution in [0.1, 0.15) is 31.7 Å². The van der Waals surface area contributed by atoms with Crippen molar-refractivity contribution < 1.29 is 18.8 Å². The van der Waals surface area contributed by atoms with Crippen molar-refractivity contribution in [2.75, 3.05) is 18.5 Å². The molecule has 0 fully saturated rings. The first-order valence-corrected chi connectivity index (χ1v) is 10.2. The SMILES string of the molecule is CCOc1ccc(-c2noc(CCC(=O)Nc3ccc(C)c(Cl)c3)n2)cc1OCC. The first-order chi connectivity index (χ1) is 14.5. The number of benzene rings is 2. The molecule has 0 bridgehead atoms. The molecule has 0 unspecified atom stereocenters. The monoisotopic (exact) mass is 429 g/mol. The molecule has 0 aliphatic heterocycles. The summed E-state index contributed by atoms with van der Waals surface area (Å²) in [7, 11) is 0. The number of hydrogen-bond acceptors (Lipinski definition) is 6. The summed E-state index contributed by atoms with van der Waals surface area (Å²) in [5.41, 5.74) is 2.35. The second-order valence-electron chi connectivity index (χ2n) is 6.55. The molecule has 1 heterocycles. The third-order valence-corrected chi connectivity index (χ3v) is 4.70. The van der Waals surface area contributed by atoms with Gasteiger partial charge in [0.25, 0.3) is 0 Å². The van der Waals surface area contributed by atoms with Gasteiger partial charge in [-0.2, -0.15) is 4.98 Å². The standard InChI is InChI=1S/C22H24ClN3O4/c1-4-28-18-9-7-15(12-19(18)29-5-2)22-25-21(30-26-22)11-10-20(27)24-16-8-6-14(3)17(23)13-16/h6-9,12-13H,4-5,10-11H2,1-3H3,(H,24,27). The maximum absolute atomic E-state index is 12.2. The van der Waals surface area contributed by atoms with Crippen molar-refractivity contribution in [1.82, 2.24) is 10.1 Å². The molecule has 1 aromatic heterocycles. The maximum atomic E-state index is 12.2. The zero-order valence-electron chi connectivity index (χ0n) is 17.2. The molecule has 0 saturated heterocycles. The quantitative estimate of drug-likeness (QED) is 0.511. The third-order valence-electron chi connectivity index (χ3n) is 4.29. The Balaban J connectivity index is 1.62. The number of aryl methyl sites for hydroxylation is 2. The lowest BCUT2D eigenvalue weighted by Gasteiger charge is -2.11. The lowest BCUT2D eigenvalue weighted by Crippen LogP contribution is -2.12. The van der Waals surface area contributed by atoms with E-state index >= 15 is 0 Å². The van der Waals surface area contributed by atoms with Gasteiger partial charge in [0.05, 0.1) is 13.2 Å². The van der Waals surface area contributed by atoms with Crippen LogP contribution in [0.15, 0.2) is 40.9 Å². The highest BCUT2D eigenvalue weighted by atomic mass is 35.5. The molecule has 1 N–H and O–H groups in total. The normalized spacial score (nSPS) is 10.7.